The predicted molar refractivity (Wildman–Crippen MR) is 55.2 cm³/mol. The highest BCUT2D eigenvalue weighted by atomic mass is 16.4. The summed E-state index contributed by atoms with van der Waals surface area (Å²) in [7, 11) is 1.71. The molecule has 0 aromatic heterocycles. The molecule has 0 aromatic carbocycles. The molecule has 0 aliphatic carbocycles. The van der Waals surface area contributed by atoms with Crippen molar-refractivity contribution >= 4 is 5.97 Å². The van der Waals surface area contributed by atoms with Crippen LogP contribution in [0.25, 0.3) is 0 Å². The van der Waals surface area contributed by atoms with Crippen LogP contribution in [0.2, 0.25) is 0 Å². The highest BCUT2D eigenvalue weighted by Crippen LogP contribution is 2.26. The third-order valence-electron chi connectivity index (χ3n) is 3.25. The van der Waals surface area contributed by atoms with Crippen LogP contribution < -0.4 is 0 Å². The average molecular weight is 203 g/mol. The lowest BCUT2D eigenvalue weighted by molar-refractivity contribution is -0.154. The molecule has 1 atom stereocenters. The van der Waals surface area contributed by atoms with E-state index in [1.165, 1.54) is 0 Å². The van der Waals surface area contributed by atoms with Crippen molar-refractivity contribution in [3.63, 3.8) is 0 Å². The van der Waals surface area contributed by atoms with Gasteiger partial charge in [-0.15, -0.1) is 0 Å². The van der Waals surface area contributed by atoms with Crippen molar-refractivity contribution in [2.75, 3.05) is 7.05 Å². The molecule has 14 heavy (non-hydrogen) atoms. The van der Waals surface area contributed by atoms with Crippen LogP contribution in [0.4, 0.5) is 0 Å². The Balaban J connectivity index is 4.95. The van der Waals surface area contributed by atoms with Gasteiger partial charge in [-0.3, -0.25) is 9.69 Å². The van der Waals surface area contributed by atoms with Crippen molar-refractivity contribution in [3.05, 3.63) is 0 Å². The van der Waals surface area contributed by atoms with Crippen LogP contribution >= 0.6 is 0 Å². The van der Waals surface area contributed by atoms with Crippen LogP contribution in [0.15, 0.2) is 0 Å². The molecule has 0 rings (SSSR count). The van der Waals surface area contributed by atoms with Gasteiger partial charge in [0.05, 0.1) is 6.10 Å². The van der Waals surface area contributed by atoms with Crippen molar-refractivity contribution in [1.82, 2.24) is 4.90 Å². The van der Waals surface area contributed by atoms with Crippen LogP contribution in [0.3, 0.4) is 0 Å². The molecule has 0 aliphatic rings. The van der Waals surface area contributed by atoms with Gasteiger partial charge in [0.2, 0.25) is 0 Å². The lowest BCUT2D eigenvalue weighted by atomic mass is 9.90. The number of hydrogen-bond acceptors (Lipinski definition) is 3. The van der Waals surface area contributed by atoms with Crippen LogP contribution in [0, 0.1) is 0 Å². The molecule has 84 valence electrons. The second kappa shape index (κ2) is 3.87. The molecule has 4 nitrogen and oxygen atoms in total. The third kappa shape index (κ3) is 2.25. The monoisotopic (exact) mass is 203 g/mol. The zero-order valence-corrected chi connectivity index (χ0v) is 9.83. The van der Waals surface area contributed by atoms with Crippen molar-refractivity contribution in [2.45, 2.75) is 51.8 Å². The van der Waals surface area contributed by atoms with Crippen molar-refractivity contribution < 1.29 is 15.0 Å². The number of aliphatic hydroxyl groups is 1. The van der Waals surface area contributed by atoms with E-state index in [9.17, 15) is 9.90 Å². The van der Waals surface area contributed by atoms with Gasteiger partial charge in [-0.05, 0) is 41.7 Å². The fraction of sp³-hybridized carbons (Fsp3) is 0.900. The number of hydrogen-bond donors (Lipinski definition) is 2. The summed E-state index contributed by atoms with van der Waals surface area (Å²) < 4.78 is 0. The van der Waals surface area contributed by atoms with Crippen molar-refractivity contribution in [2.24, 2.45) is 0 Å². The van der Waals surface area contributed by atoms with Gasteiger partial charge < -0.3 is 10.2 Å². The van der Waals surface area contributed by atoms with E-state index in [1.54, 1.807) is 32.7 Å². The summed E-state index contributed by atoms with van der Waals surface area (Å²) in [6.45, 7) is 8.55. The zero-order valence-electron chi connectivity index (χ0n) is 9.83. The summed E-state index contributed by atoms with van der Waals surface area (Å²) in [5.41, 5.74) is -1.55. The predicted octanol–water partition coefficient (Wildman–Crippen LogP) is 0.941. The van der Waals surface area contributed by atoms with E-state index >= 15 is 0 Å². The number of nitrogens with zero attached hydrogens (tertiary/aromatic N) is 1. The zero-order chi connectivity index (χ0) is 11.7. The van der Waals surface area contributed by atoms with Gasteiger partial charge in [0.1, 0.15) is 5.54 Å². The van der Waals surface area contributed by atoms with E-state index in [1.807, 2.05) is 13.8 Å². The number of carboxylic acids is 1. The molecule has 0 amide bonds. The largest absolute Gasteiger partial charge is 0.480 e. The Labute approximate surface area is 85.5 Å². The van der Waals surface area contributed by atoms with Gasteiger partial charge in [0.25, 0.3) is 0 Å². The minimum atomic E-state index is -0.986. The van der Waals surface area contributed by atoms with Gasteiger partial charge in [-0.2, -0.15) is 0 Å². The molecule has 0 aromatic rings. The Morgan fingerprint density at radius 1 is 1.29 bits per heavy atom. The number of aliphatic carboxylic acids is 1. The summed E-state index contributed by atoms with van der Waals surface area (Å²) in [5, 5.41) is 18.6. The van der Waals surface area contributed by atoms with Crippen molar-refractivity contribution in [1.29, 1.82) is 0 Å². The normalized spacial score (nSPS) is 15.7. The van der Waals surface area contributed by atoms with Gasteiger partial charge in [0.15, 0.2) is 0 Å². The minimum absolute atomic E-state index is 0.568. The van der Waals surface area contributed by atoms with Gasteiger partial charge >= 0.3 is 5.97 Å². The Hall–Kier alpha value is -0.610. The molecule has 0 aliphatic heterocycles. The maximum absolute atomic E-state index is 11.0. The van der Waals surface area contributed by atoms with E-state index in [-0.39, 0.29) is 0 Å². The van der Waals surface area contributed by atoms with E-state index in [0.29, 0.717) is 0 Å². The topological polar surface area (TPSA) is 60.8 Å². The fourth-order valence-electron chi connectivity index (χ4n) is 1.14. The SMILES string of the molecule is CC(O)C(C)(C)N(C)C(C)(C)C(=O)O. The molecule has 2 N–H and O–H groups in total. The molecule has 4 heteroatoms. The van der Waals surface area contributed by atoms with Crippen LogP contribution in [-0.4, -0.2) is 45.3 Å². The number of aliphatic hydroxyl groups excluding tert-OH is 1. The first-order valence-electron chi connectivity index (χ1n) is 4.70. The smallest absolute Gasteiger partial charge is 0.323 e. The van der Waals surface area contributed by atoms with Crippen LogP contribution in [0.1, 0.15) is 34.6 Å². The van der Waals surface area contributed by atoms with Gasteiger partial charge in [0, 0.05) is 5.54 Å². The molecule has 0 saturated heterocycles. The summed E-state index contributed by atoms with van der Waals surface area (Å²) >= 11 is 0. The maximum Gasteiger partial charge on any atom is 0.323 e. The first-order valence-corrected chi connectivity index (χ1v) is 4.70. The van der Waals surface area contributed by atoms with Crippen LogP contribution in [-0.2, 0) is 4.79 Å². The summed E-state index contributed by atoms with van der Waals surface area (Å²) in [5.74, 6) is -0.895. The molecule has 0 heterocycles. The van der Waals surface area contributed by atoms with Gasteiger partial charge in [-0.1, -0.05) is 0 Å². The average Bonchev–Trinajstić information content (AvgIpc) is 2.02. The van der Waals surface area contributed by atoms with Gasteiger partial charge in [-0.25, -0.2) is 0 Å². The maximum atomic E-state index is 11.0. The molecule has 0 saturated carbocycles. The van der Waals surface area contributed by atoms with E-state index in [0.717, 1.165) is 0 Å². The van der Waals surface area contributed by atoms with E-state index in [2.05, 4.69) is 0 Å². The minimum Gasteiger partial charge on any atom is -0.480 e. The van der Waals surface area contributed by atoms with E-state index < -0.39 is 23.2 Å². The number of carboxylic acid groups (broad SMARTS) is 1. The first kappa shape index (κ1) is 13.4. The molecular formula is C10H21NO3. The molecule has 1 unspecified atom stereocenters. The Morgan fingerprint density at radius 3 is 1.86 bits per heavy atom. The molecule has 0 spiro atoms. The number of carbonyl (C=O) groups is 1. The van der Waals surface area contributed by atoms with Crippen molar-refractivity contribution in [3.8, 4) is 0 Å². The van der Waals surface area contributed by atoms with Crippen LogP contribution in [0.5, 0.6) is 0 Å². The van der Waals surface area contributed by atoms with E-state index in [4.69, 9.17) is 5.11 Å². The molecule has 0 radical (unpaired) electrons. The highest BCUT2D eigenvalue weighted by molar-refractivity contribution is 5.77. The second-order valence-corrected chi connectivity index (χ2v) is 4.75. The molecule has 0 fully saturated rings. The standard InChI is InChI=1S/C10H21NO3/c1-7(12)9(2,3)11(6)10(4,5)8(13)14/h7,12H,1-6H3,(H,13,14). The lowest BCUT2D eigenvalue weighted by Crippen LogP contribution is -2.61. The summed E-state index contributed by atoms with van der Waals surface area (Å²) in [4.78, 5) is 12.7. The fourth-order valence-corrected chi connectivity index (χ4v) is 1.14. The first-order chi connectivity index (χ1) is 6.04. The Kier molecular flexibility index (Phi) is 3.70. The third-order valence-corrected chi connectivity index (χ3v) is 3.25. The number of rotatable bonds is 4. The Bertz CT molecular complexity index is 221. The quantitative estimate of drug-likeness (QED) is 0.714. The lowest BCUT2D eigenvalue weighted by Gasteiger charge is -2.45. The molecular weight excluding hydrogens is 182 g/mol. The highest BCUT2D eigenvalue weighted by Gasteiger charge is 2.42. The summed E-state index contributed by atoms with van der Waals surface area (Å²) in [6.07, 6.45) is -0.592. The number of likely N-dealkylation sites (N-methyl/N-ethyl adjacent to an activating group) is 1. The summed E-state index contributed by atoms with van der Waals surface area (Å²) in [6, 6.07) is 0. The Morgan fingerprint density at radius 2 is 1.64 bits per heavy atom. The molecule has 0 bridgehead atoms. The second-order valence-electron chi connectivity index (χ2n) is 4.75.